The van der Waals surface area contributed by atoms with E-state index in [1.807, 2.05) is 6.92 Å². The summed E-state index contributed by atoms with van der Waals surface area (Å²) in [4.78, 5) is 0. The maximum Gasteiger partial charge on any atom is 0.160 e. The van der Waals surface area contributed by atoms with Gasteiger partial charge in [0.15, 0.2) is 5.75 Å². The Hall–Kier alpha value is -0.990. The van der Waals surface area contributed by atoms with Gasteiger partial charge in [-0.1, -0.05) is 6.42 Å². The molecule has 1 heterocycles. The van der Waals surface area contributed by atoms with Gasteiger partial charge in [-0.05, 0) is 44.9 Å². The highest BCUT2D eigenvalue weighted by Gasteiger charge is 2.22. The zero-order chi connectivity index (χ0) is 11.0. The molecule has 0 unspecified atom stereocenters. The third-order valence-electron chi connectivity index (χ3n) is 4.02. The van der Waals surface area contributed by atoms with Crippen LogP contribution in [0.2, 0.25) is 0 Å². The molecule has 0 aromatic carbocycles. The molecule has 0 spiro atoms. The average molecular weight is 220 g/mol. The van der Waals surface area contributed by atoms with Crippen LogP contribution in [0.5, 0.6) is 5.75 Å². The van der Waals surface area contributed by atoms with Gasteiger partial charge >= 0.3 is 0 Å². The van der Waals surface area contributed by atoms with Crippen molar-refractivity contribution in [3.63, 3.8) is 0 Å². The molecule has 2 aliphatic rings. The predicted octanol–water partition coefficient (Wildman–Crippen LogP) is 3.10. The quantitative estimate of drug-likeness (QED) is 0.779. The van der Waals surface area contributed by atoms with E-state index in [-0.39, 0.29) is 0 Å². The first kappa shape index (κ1) is 10.2. The average Bonchev–Trinajstić information content (AvgIpc) is 2.41. The Kier molecular flexibility index (Phi) is 2.62. The Morgan fingerprint density at radius 2 is 2.06 bits per heavy atom. The lowest BCUT2D eigenvalue weighted by Gasteiger charge is -2.25. The van der Waals surface area contributed by atoms with Crippen LogP contribution in [0.4, 0.5) is 0 Å². The molecular formula is C13H20N2O. The van der Waals surface area contributed by atoms with Crippen LogP contribution in [-0.4, -0.2) is 16.4 Å². The zero-order valence-corrected chi connectivity index (χ0v) is 9.98. The van der Waals surface area contributed by atoms with E-state index in [9.17, 15) is 0 Å². The molecule has 3 nitrogen and oxygen atoms in total. The van der Waals surface area contributed by atoms with E-state index in [0.29, 0.717) is 6.04 Å². The van der Waals surface area contributed by atoms with Crippen LogP contribution in [0.1, 0.15) is 50.3 Å². The molecule has 2 fully saturated rings. The van der Waals surface area contributed by atoms with E-state index in [1.54, 1.807) is 0 Å². The van der Waals surface area contributed by atoms with Gasteiger partial charge in [-0.3, -0.25) is 4.68 Å². The molecule has 0 N–H and O–H groups in total. The van der Waals surface area contributed by atoms with Gasteiger partial charge in [0.2, 0.25) is 0 Å². The Morgan fingerprint density at radius 1 is 1.31 bits per heavy atom. The number of nitrogens with zero attached hydrogens (tertiary/aromatic N) is 2. The van der Waals surface area contributed by atoms with Crippen molar-refractivity contribution in [2.75, 3.05) is 6.61 Å². The number of aryl methyl sites for hydroxylation is 1. The summed E-state index contributed by atoms with van der Waals surface area (Å²) in [5.74, 6) is 1.80. The van der Waals surface area contributed by atoms with Crippen molar-refractivity contribution < 1.29 is 4.74 Å². The van der Waals surface area contributed by atoms with E-state index < -0.39 is 0 Å². The van der Waals surface area contributed by atoms with Gasteiger partial charge < -0.3 is 4.74 Å². The third kappa shape index (κ3) is 1.83. The van der Waals surface area contributed by atoms with Crippen molar-refractivity contribution in [3.05, 3.63) is 11.9 Å². The smallest absolute Gasteiger partial charge is 0.160 e. The SMILES string of the molecule is Cc1nn(C2CCC2)cc1OCC1CCC1. The Morgan fingerprint density at radius 3 is 2.62 bits per heavy atom. The minimum Gasteiger partial charge on any atom is -0.490 e. The van der Waals surface area contributed by atoms with E-state index in [0.717, 1.165) is 24.0 Å². The molecule has 0 aliphatic heterocycles. The lowest BCUT2D eigenvalue weighted by atomic mass is 9.86. The topological polar surface area (TPSA) is 27.1 Å². The number of hydrogen-bond acceptors (Lipinski definition) is 2. The van der Waals surface area contributed by atoms with Crippen molar-refractivity contribution in [1.82, 2.24) is 9.78 Å². The molecule has 2 aliphatic carbocycles. The van der Waals surface area contributed by atoms with E-state index >= 15 is 0 Å². The molecule has 16 heavy (non-hydrogen) atoms. The summed E-state index contributed by atoms with van der Waals surface area (Å²) >= 11 is 0. The standard InChI is InChI=1S/C13H20N2O/c1-10-13(16-9-11-4-2-5-11)8-15(14-10)12-6-3-7-12/h8,11-12H,2-7,9H2,1H3. The Bertz CT molecular complexity index is 364. The Balaban J connectivity index is 1.61. The normalized spacial score (nSPS) is 21.6. The molecular weight excluding hydrogens is 200 g/mol. The first-order chi connectivity index (χ1) is 7.83. The van der Waals surface area contributed by atoms with Crippen molar-refractivity contribution in [2.24, 2.45) is 5.92 Å². The third-order valence-corrected chi connectivity index (χ3v) is 4.02. The maximum atomic E-state index is 5.86. The van der Waals surface area contributed by atoms with Gasteiger partial charge in [-0.2, -0.15) is 5.10 Å². The summed E-state index contributed by atoms with van der Waals surface area (Å²) < 4.78 is 7.96. The molecule has 1 aromatic heterocycles. The van der Waals surface area contributed by atoms with E-state index in [2.05, 4.69) is 16.0 Å². The highest BCUT2D eigenvalue weighted by Crippen LogP contribution is 2.33. The first-order valence-corrected chi connectivity index (χ1v) is 6.51. The first-order valence-electron chi connectivity index (χ1n) is 6.51. The zero-order valence-electron chi connectivity index (χ0n) is 9.98. The van der Waals surface area contributed by atoms with Gasteiger partial charge in [0.1, 0.15) is 5.69 Å². The fraction of sp³-hybridized carbons (Fsp3) is 0.769. The van der Waals surface area contributed by atoms with Gasteiger partial charge in [-0.15, -0.1) is 0 Å². The summed E-state index contributed by atoms with van der Waals surface area (Å²) in [6, 6.07) is 0.639. The lowest BCUT2D eigenvalue weighted by Crippen LogP contribution is -2.19. The van der Waals surface area contributed by atoms with Crippen LogP contribution in [0.25, 0.3) is 0 Å². The van der Waals surface area contributed by atoms with Crippen molar-refractivity contribution in [2.45, 2.75) is 51.5 Å². The predicted molar refractivity (Wildman–Crippen MR) is 62.7 cm³/mol. The number of hydrogen-bond donors (Lipinski definition) is 0. The van der Waals surface area contributed by atoms with Crippen LogP contribution < -0.4 is 4.74 Å². The highest BCUT2D eigenvalue weighted by atomic mass is 16.5. The second kappa shape index (κ2) is 4.11. The van der Waals surface area contributed by atoms with Gasteiger partial charge in [-0.25, -0.2) is 0 Å². The molecule has 3 rings (SSSR count). The molecule has 0 saturated heterocycles. The van der Waals surface area contributed by atoms with E-state index in [4.69, 9.17) is 4.74 Å². The van der Waals surface area contributed by atoms with Crippen LogP contribution in [0.3, 0.4) is 0 Å². The summed E-state index contributed by atoms with van der Waals surface area (Å²) in [6.07, 6.45) is 10.1. The minimum atomic E-state index is 0.639. The number of aromatic nitrogens is 2. The van der Waals surface area contributed by atoms with Gasteiger partial charge in [0.05, 0.1) is 18.8 Å². The van der Waals surface area contributed by atoms with Gasteiger partial charge in [0.25, 0.3) is 0 Å². The van der Waals surface area contributed by atoms with Crippen LogP contribution >= 0.6 is 0 Å². The van der Waals surface area contributed by atoms with E-state index in [1.165, 1.54) is 38.5 Å². The van der Waals surface area contributed by atoms with Crippen molar-refractivity contribution in [1.29, 1.82) is 0 Å². The number of rotatable bonds is 4. The van der Waals surface area contributed by atoms with Crippen molar-refractivity contribution >= 4 is 0 Å². The summed E-state index contributed by atoms with van der Waals surface area (Å²) in [5, 5.41) is 4.55. The lowest BCUT2D eigenvalue weighted by molar-refractivity contribution is 0.179. The molecule has 88 valence electrons. The van der Waals surface area contributed by atoms with Gasteiger partial charge in [0, 0.05) is 0 Å². The molecule has 0 amide bonds. The highest BCUT2D eigenvalue weighted by molar-refractivity contribution is 5.23. The molecule has 0 bridgehead atoms. The van der Waals surface area contributed by atoms with Crippen LogP contribution in [0, 0.1) is 12.8 Å². The molecule has 0 atom stereocenters. The van der Waals surface area contributed by atoms with Crippen molar-refractivity contribution in [3.8, 4) is 5.75 Å². The molecule has 1 aromatic rings. The molecule has 2 saturated carbocycles. The minimum absolute atomic E-state index is 0.639. The summed E-state index contributed by atoms with van der Waals surface area (Å²) in [6.45, 7) is 2.93. The maximum absolute atomic E-state index is 5.86. The Labute approximate surface area is 96.8 Å². The second-order valence-electron chi connectivity index (χ2n) is 5.25. The summed E-state index contributed by atoms with van der Waals surface area (Å²) in [7, 11) is 0. The second-order valence-corrected chi connectivity index (χ2v) is 5.25. The fourth-order valence-electron chi connectivity index (χ4n) is 2.31. The van der Waals surface area contributed by atoms with Crippen LogP contribution in [-0.2, 0) is 0 Å². The fourth-order valence-corrected chi connectivity index (χ4v) is 2.31. The summed E-state index contributed by atoms with van der Waals surface area (Å²) in [5.41, 5.74) is 1.05. The van der Waals surface area contributed by atoms with Crippen LogP contribution in [0.15, 0.2) is 6.20 Å². The monoisotopic (exact) mass is 220 g/mol. The molecule has 3 heteroatoms. The largest absolute Gasteiger partial charge is 0.490 e. The molecule has 0 radical (unpaired) electrons. The number of ether oxygens (including phenoxy) is 1.